The Morgan fingerprint density at radius 1 is 1.07 bits per heavy atom. The van der Waals surface area contributed by atoms with Crippen molar-refractivity contribution in [2.45, 2.75) is 49.0 Å². The molecular formula is C26H31N7O5S2. The highest BCUT2D eigenvalue weighted by Gasteiger charge is 2.43. The molecule has 0 radical (unpaired) electrons. The van der Waals surface area contributed by atoms with Gasteiger partial charge in [0.25, 0.3) is 10.0 Å². The fraction of sp³-hybridized carbons (Fsp3) is 0.462. The van der Waals surface area contributed by atoms with Crippen LogP contribution in [0.25, 0.3) is 0 Å². The molecule has 40 heavy (non-hydrogen) atoms. The number of aryl methyl sites for hydroxylation is 1. The van der Waals surface area contributed by atoms with Gasteiger partial charge in [-0.25, -0.2) is 22.9 Å². The molecule has 3 aromatic heterocycles. The van der Waals surface area contributed by atoms with Gasteiger partial charge < -0.3 is 9.64 Å². The zero-order valence-electron chi connectivity index (χ0n) is 22.4. The number of fused-ring (bicyclic) bond motifs is 1. The number of urea groups is 1. The van der Waals surface area contributed by atoms with Crippen LogP contribution in [0.4, 0.5) is 15.6 Å². The first-order valence-corrected chi connectivity index (χ1v) is 15.4. The second-order valence-corrected chi connectivity index (χ2v) is 13.7. The number of rotatable bonds is 8. The molecule has 0 atom stereocenters. The molecule has 3 aromatic rings. The lowest BCUT2D eigenvalue weighted by atomic mass is 10.2. The standard InChI is InChI=1S/C26H31N7O5S2/c1-26(5-6-26)29-40(36,37)23-12-20-11-22(34)32(17-19-14-28-30(2)15-19)25(35)33(24(20)39-23)16-18-3-4-21(27-13-18)31-7-9-38-10-8-31/h3-4,12-15,29H,5-11,16-17H2,1-2H3. The third-order valence-electron chi connectivity index (χ3n) is 7.34. The number of hydrogen-bond donors (Lipinski definition) is 1. The van der Waals surface area contributed by atoms with Crippen molar-refractivity contribution in [3.05, 3.63) is 53.5 Å². The molecule has 0 aromatic carbocycles. The van der Waals surface area contributed by atoms with E-state index in [2.05, 4.69) is 19.7 Å². The fourth-order valence-electron chi connectivity index (χ4n) is 4.85. The summed E-state index contributed by atoms with van der Waals surface area (Å²) in [7, 11) is -2.03. The smallest absolute Gasteiger partial charge is 0.332 e. The van der Waals surface area contributed by atoms with Crippen molar-refractivity contribution in [1.29, 1.82) is 0 Å². The van der Waals surface area contributed by atoms with Crippen molar-refractivity contribution in [3.63, 3.8) is 0 Å². The number of pyridine rings is 1. The van der Waals surface area contributed by atoms with E-state index < -0.39 is 27.5 Å². The number of imide groups is 1. The summed E-state index contributed by atoms with van der Waals surface area (Å²) >= 11 is 1.01. The van der Waals surface area contributed by atoms with Crippen LogP contribution in [0.2, 0.25) is 0 Å². The molecule has 1 N–H and O–H groups in total. The van der Waals surface area contributed by atoms with Gasteiger partial charge >= 0.3 is 6.03 Å². The number of hydrogen-bond acceptors (Lipinski definition) is 9. The second-order valence-electron chi connectivity index (χ2n) is 10.7. The topological polar surface area (TPSA) is 130 Å². The Morgan fingerprint density at radius 3 is 2.48 bits per heavy atom. The van der Waals surface area contributed by atoms with Gasteiger partial charge in [-0.2, -0.15) is 5.10 Å². The van der Waals surface area contributed by atoms with Gasteiger partial charge in [0, 0.05) is 43.6 Å². The van der Waals surface area contributed by atoms with Crippen LogP contribution in [-0.4, -0.2) is 71.9 Å². The highest BCUT2D eigenvalue weighted by molar-refractivity contribution is 7.91. The van der Waals surface area contributed by atoms with Gasteiger partial charge in [-0.15, -0.1) is 11.3 Å². The Kier molecular flexibility index (Phi) is 6.89. The number of nitrogens with zero attached hydrogens (tertiary/aromatic N) is 6. The van der Waals surface area contributed by atoms with Crippen molar-refractivity contribution in [2.24, 2.45) is 7.05 Å². The normalized spacial score (nSPS) is 19.1. The van der Waals surface area contributed by atoms with E-state index in [1.165, 1.54) is 15.9 Å². The molecule has 14 heteroatoms. The minimum Gasteiger partial charge on any atom is -0.378 e. The zero-order valence-corrected chi connectivity index (χ0v) is 24.0. The molecule has 1 saturated heterocycles. The molecule has 2 fully saturated rings. The third kappa shape index (κ3) is 5.48. The number of sulfonamides is 1. The lowest BCUT2D eigenvalue weighted by molar-refractivity contribution is -0.127. The van der Waals surface area contributed by atoms with Gasteiger partial charge in [0.15, 0.2) is 0 Å². The van der Waals surface area contributed by atoms with E-state index in [0.29, 0.717) is 23.8 Å². The lowest BCUT2D eigenvalue weighted by Gasteiger charge is -2.28. The zero-order chi connectivity index (χ0) is 28.1. The highest BCUT2D eigenvalue weighted by Crippen LogP contribution is 2.41. The molecule has 2 aliphatic heterocycles. The van der Waals surface area contributed by atoms with Gasteiger partial charge in [-0.1, -0.05) is 6.07 Å². The summed E-state index contributed by atoms with van der Waals surface area (Å²) in [6.07, 6.45) is 6.56. The molecule has 0 unspecified atom stereocenters. The predicted molar refractivity (Wildman–Crippen MR) is 149 cm³/mol. The van der Waals surface area contributed by atoms with Gasteiger partial charge in [-0.3, -0.25) is 19.3 Å². The molecule has 5 heterocycles. The number of carbonyl (C=O) groups is 2. The van der Waals surface area contributed by atoms with E-state index in [-0.39, 0.29) is 23.7 Å². The number of thiophene rings is 1. The minimum absolute atomic E-state index is 0.0657. The molecule has 3 aliphatic rings. The molecule has 1 saturated carbocycles. The van der Waals surface area contributed by atoms with Crippen molar-refractivity contribution >= 4 is 44.1 Å². The minimum atomic E-state index is -3.80. The third-order valence-corrected chi connectivity index (χ3v) is 10.7. The van der Waals surface area contributed by atoms with Crippen LogP contribution in [0.3, 0.4) is 0 Å². The Hall–Kier alpha value is -3.33. The van der Waals surface area contributed by atoms with Crippen LogP contribution < -0.4 is 14.5 Å². The average Bonchev–Trinajstić information content (AvgIpc) is 3.30. The first kappa shape index (κ1) is 26.9. The molecular weight excluding hydrogens is 554 g/mol. The number of nitrogens with one attached hydrogen (secondary N) is 1. The highest BCUT2D eigenvalue weighted by atomic mass is 32.2. The van der Waals surface area contributed by atoms with Crippen molar-refractivity contribution in [3.8, 4) is 0 Å². The second kappa shape index (κ2) is 10.3. The van der Waals surface area contributed by atoms with Gasteiger partial charge in [-0.05, 0) is 43.0 Å². The Bertz CT molecular complexity index is 1540. The van der Waals surface area contributed by atoms with E-state index in [1.54, 1.807) is 30.3 Å². The molecule has 0 bridgehead atoms. The average molecular weight is 586 g/mol. The maximum Gasteiger partial charge on any atom is 0.332 e. The van der Waals surface area contributed by atoms with Crippen molar-refractivity contribution in [1.82, 2.24) is 24.4 Å². The van der Waals surface area contributed by atoms with Crippen LogP contribution >= 0.6 is 11.3 Å². The quantitative estimate of drug-likeness (QED) is 0.426. The van der Waals surface area contributed by atoms with E-state index in [9.17, 15) is 18.0 Å². The first-order chi connectivity index (χ1) is 19.1. The number of carbonyl (C=O) groups excluding carboxylic acids is 2. The lowest BCUT2D eigenvalue weighted by Crippen LogP contribution is -2.44. The first-order valence-electron chi connectivity index (χ1n) is 13.1. The van der Waals surface area contributed by atoms with Gasteiger partial charge in [0.2, 0.25) is 5.91 Å². The molecule has 1 aliphatic carbocycles. The molecule has 6 rings (SSSR count). The van der Waals surface area contributed by atoms with Crippen LogP contribution in [0.5, 0.6) is 0 Å². The SMILES string of the molecule is Cn1cc(CN2C(=O)Cc3cc(S(=O)(=O)NC4(C)CC4)sc3N(Cc3ccc(N4CCOCC4)nc3)C2=O)cn1. The van der Waals surface area contributed by atoms with E-state index >= 15 is 0 Å². The summed E-state index contributed by atoms with van der Waals surface area (Å²) in [5, 5.41) is 4.60. The van der Waals surface area contributed by atoms with Crippen LogP contribution in [-0.2, 0) is 46.1 Å². The Labute approximate surface area is 236 Å². The predicted octanol–water partition coefficient (Wildman–Crippen LogP) is 2.26. The largest absolute Gasteiger partial charge is 0.378 e. The van der Waals surface area contributed by atoms with E-state index in [4.69, 9.17) is 4.74 Å². The molecule has 0 spiro atoms. The summed E-state index contributed by atoms with van der Waals surface area (Å²) in [6.45, 7) is 4.86. The van der Waals surface area contributed by atoms with E-state index in [0.717, 1.165) is 54.2 Å². The van der Waals surface area contributed by atoms with Crippen LogP contribution in [0.15, 0.2) is 41.0 Å². The summed E-state index contributed by atoms with van der Waals surface area (Å²) < 4.78 is 36.3. The summed E-state index contributed by atoms with van der Waals surface area (Å²) in [6, 6.07) is 4.83. The van der Waals surface area contributed by atoms with Gasteiger partial charge in [0.1, 0.15) is 15.0 Å². The summed E-state index contributed by atoms with van der Waals surface area (Å²) in [4.78, 5) is 36.8. The molecule has 212 valence electrons. The number of amides is 3. The summed E-state index contributed by atoms with van der Waals surface area (Å²) in [5.41, 5.74) is 1.54. The maximum absolute atomic E-state index is 13.9. The number of anilines is 2. The van der Waals surface area contributed by atoms with Gasteiger partial charge in [0.05, 0.1) is 38.9 Å². The fourth-order valence-corrected chi connectivity index (χ4v) is 7.81. The summed E-state index contributed by atoms with van der Waals surface area (Å²) in [5.74, 6) is 0.426. The molecule has 12 nitrogen and oxygen atoms in total. The number of morpholine rings is 1. The Balaban J connectivity index is 1.32. The van der Waals surface area contributed by atoms with Crippen molar-refractivity contribution < 1.29 is 22.7 Å². The number of aromatic nitrogens is 3. The molecule has 3 amide bonds. The van der Waals surface area contributed by atoms with Crippen LogP contribution in [0, 0.1) is 0 Å². The Morgan fingerprint density at radius 2 is 1.82 bits per heavy atom. The van der Waals surface area contributed by atoms with E-state index in [1.807, 2.05) is 19.1 Å². The number of ether oxygens (including phenoxy) is 1. The monoisotopic (exact) mass is 585 g/mol. The van der Waals surface area contributed by atoms with Crippen LogP contribution in [0.1, 0.15) is 36.5 Å². The maximum atomic E-state index is 13.9. The van der Waals surface area contributed by atoms with Crippen molar-refractivity contribution in [2.75, 3.05) is 36.1 Å².